The largest absolute Gasteiger partial charge is 0.544 e. The topological polar surface area (TPSA) is 53.0 Å². The van der Waals surface area contributed by atoms with Gasteiger partial charge in [-0.15, -0.1) is 11.3 Å². The molecule has 0 unspecified atom stereocenters. The molecule has 48 valence electrons. The monoisotopic (exact) mass is 206 g/mol. The second-order valence-electron chi connectivity index (χ2n) is 1.26. The molecule has 0 saturated carbocycles. The lowest BCUT2D eigenvalue weighted by molar-refractivity contribution is -0.254. The van der Waals surface area contributed by atoms with Gasteiger partial charge in [0.25, 0.3) is 0 Å². The standard InChI is InChI=1S/C4H2BrNO2S/c5-4-6-1-2(9-4)3(7)8/h1H,(H,7,8)/p-1. The third-order valence-electron chi connectivity index (χ3n) is 0.679. The predicted octanol–water partition coefficient (Wildman–Crippen LogP) is 0.269. The third-order valence-corrected chi connectivity index (χ3v) is 2.13. The van der Waals surface area contributed by atoms with Gasteiger partial charge < -0.3 is 9.90 Å². The molecule has 5 heteroatoms. The van der Waals surface area contributed by atoms with Crippen LogP contribution in [-0.4, -0.2) is 11.0 Å². The number of carboxylic acids is 1. The lowest BCUT2D eigenvalue weighted by Gasteiger charge is -1.90. The van der Waals surface area contributed by atoms with Gasteiger partial charge in [-0.3, -0.25) is 0 Å². The molecule has 1 aromatic rings. The molecule has 1 rings (SSSR count). The van der Waals surface area contributed by atoms with Crippen LogP contribution in [0.3, 0.4) is 0 Å². The van der Waals surface area contributed by atoms with Crippen molar-refractivity contribution < 1.29 is 9.90 Å². The van der Waals surface area contributed by atoms with E-state index in [0.717, 1.165) is 11.3 Å². The predicted molar refractivity (Wildman–Crippen MR) is 34.1 cm³/mol. The van der Waals surface area contributed by atoms with Crippen molar-refractivity contribution >= 4 is 33.2 Å². The number of thiazole rings is 1. The maximum Gasteiger partial charge on any atom is 0.159 e. The molecule has 1 aromatic heterocycles. The van der Waals surface area contributed by atoms with Crippen LogP contribution >= 0.6 is 27.3 Å². The average molecular weight is 207 g/mol. The second-order valence-corrected chi connectivity index (χ2v) is 3.57. The highest BCUT2D eigenvalue weighted by atomic mass is 79.9. The number of carboxylic acid groups (broad SMARTS) is 1. The van der Waals surface area contributed by atoms with Crippen molar-refractivity contribution in [1.29, 1.82) is 0 Å². The van der Waals surface area contributed by atoms with Crippen molar-refractivity contribution in [2.45, 2.75) is 0 Å². The molecular formula is C4HBrNO2S-. The fraction of sp³-hybridized carbons (Fsp3) is 0. The van der Waals surface area contributed by atoms with E-state index in [-0.39, 0.29) is 4.88 Å². The lowest BCUT2D eigenvalue weighted by Crippen LogP contribution is -2.20. The number of hydrogen-bond donors (Lipinski definition) is 0. The van der Waals surface area contributed by atoms with E-state index >= 15 is 0 Å². The van der Waals surface area contributed by atoms with Gasteiger partial charge in [-0.25, -0.2) is 4.98 Å². The summed E-state index contributed by atoms with van der Waals surface area (Å²) < 4.78 is 0.557. The molecule has 1 heterocycles. The Morgan fingerprint density at radius 2 is 2.56 bits per heavy atom. The van der Waals surface area contributed by atoms with E-state index < -0.39 is 5.97 Å². The molecule has 0 spiro atoms. The number of aromatic nitrogens is 1. The average Bonchev–Trinajstić information content (AvgIpc) is 2.14. The SMILES string of the molecule is O=C([O-])c1cnc(Br)s1. The van der Waals surface area contributed by atoms with Gasteiger partial charge in [0.1, 0.15) is 0 Å². The Morgan fingerprint density at radius 1 is 1.89 bits per heavy atom. The molecule has 0 amide bonds. The normalized spacial score (nSPS) is 9.44. The molecule has 0 fully saturated rings. The lowest BCUT2D eigenvalue weighted by atomic mass is 10.6. The summed E-state index contributed by atoms with van der Waals surface area (Å²) in [6, 6.07) is 0. The maximum absolute atomic E-state index is 10.1. The Bertz CT molecular complexity index is 234. The minimum Gasteiger partial charge on any atom is -0.544 e. The first-order valence-electron chi connectivity index (χ1n) is 2.03. The summed E-state index contributed by atoms with van der Waals surface area (Å²) in [5, 5.41) is 10.1. The fourth-order valence-corrected chi connectivity index (χ4v) is 1.45. The number of aromatic carboxylic acids is 1. The fourth-order valence-electron chi connectivity index (χ4n) is 0.347. The van der Waals surface area contributed by atoms with Crippen molar-refractivity contribution in [3.05, 3.63) is 15.0 Å². The van der Waals surface area contributed by atoms with E-state index in [1.807, 2.05) is 0 Å². The molecule has 0 aliphatic heterocycles. The zero-order chi connectivity index (χ0) is 6.85. The smallest absolute Gasteiger partial charge is 0.159 e. The van der Waals surface area contributed by atoms with Crippen molar-refractivity contribution in [2.24, 2.45) is 0 Å². The molecule has 0 saturated heterocycles. The zero-order valence-electron chi connectivity index (χ0n) is 4.13. The first-order chi connectivity index (χ1) is 4.20. The number of carbonyl (C=O) groups is 1. The highest BCUT2D eigenvalue weighted by Crippen LogP contribution is 2.16. The molecular weight excluding hydrogens is 206 g/mol. The van der Waals surface area contributed by atoms with E-state index in [1.165, 1.54) is 6.20 Å². The molecule has 0 aromatic carbocycles. The molecule has 0 N–H and O–H groups in total. The Morgan fingerprint density at radius 3 is 2.78 bits per heavy atom. The zero-order valence-corrected chi connectivity index (χ0v) is 6.53. The van der Waals surface area contributed by atoms with Gasteiger partial charge in [0.2, 0.25) is 0 Å². The van der Waals surface area contributed by atoms with Crippen molar-refractivity contribution in [3.63, 3.8) is 0 Å². The van der Waals surface area contributed by atoms with Crippen LogP contribution in [0.1, 0.15) is 9.67 Å². The summed E-state index contributed by atoms with van der Waals surface area (Å²) in [6.45, 7) is 0. The molecule has 0 bridgehead atoms. The molecule has 3 nitrogen and oxygen atoms in total. The molecule has 0 aliphatic rings. The Balaban J connectivity index is 2.98. The highest BCUT2D eigenvalue weighted by Gasteiger charge is 1.97. The van der Waals surface area contributed by atoms with E-state index in [4.69, 9.17) is 0 Å². The Labute approximate surface area is 63.5 Å². The Kier molecular flexibility index (Phi) is 1.82. The van der Waals surface area contributed by atoms with Crippen molar-refractivity contribution in [2.75, 3.05) is 0 Å². The van der Waals surface area contributed by atoms with E-state index in [9.17, 15) is 9.90 Å². The second kappa shape index (κ2) is 2.45. The first-order valence-corrected chi connectivity index (χ1v) is 3.64. The summed E-state index contributed by atoms with van der Waals surface area (Å²) in [5.74, 6) is -1.18. The van der Waals surface area contributed by atoms with Crippen LogP contribution in [0.4, 0.5) is 0 Å². The van der Waals surface area contributed by atoms with Gasteiger partial charge in [0.05, 0.1) is 10.8 Å². The van der Waals surface area contributed by atoms with E-state index in [2.05, 4.69) is 20.9 Å². The number of hydrogen-bond acceptors (Lipinski definition) is 4. The van der Waals surface area contributed by atoms with Crippen LogP contribution in [0.5, 0.6) is 0 Å². The van der Waals surface area contributed by atoms with Crippen LogP contribution in [0.2, 0.25) is 0 Å². The minimum atomic E-state index is -1.18. The van der Waals surface area contributed by atoms with Gasteiger partial charge in [0, 0.05) is 6.20 Å². The van der Waals surface area contributed by atoms with Gasteiger partial charge in [0.15, 0.2) is 3.92 Å². The maximum atomic E-state index is 10.1. The van der Waals surface area contributed by atoms with Crippen LogP contribution in [0, 0.1) is 0 Å². The third kappa shape index (κ3) is 1.49. The summed E-state index contributed by atoms with van der Waals surface area (Å²) in [4.78, 5) is 13.8. The van der Waals surface area contributed by atoms with Gasteiger partial charge in [-0.05, 0) is 15.9 Å². The van der Waals surface area contributed by atoms with Crippen LogP contribution in [0.25, 0.3) is 0 Å². The minimum absolute atomic E-state index is 0.141. The van der Waals surface area contributed by atoms with Crippen LogP contribution in [-0.2, 0) is 0 Å². The molecule has 0 atom stereocenters. The number of carbonyl (C=O) groups excluding carboxylic acids is 1. The number of halogens is 1. The Hall–Kier alpha value is -0.420. The van der Waals surface area contributed by atoms with Gasteiger partial charge >= 0.3 is 0 Å². The molecule has 9 heavy (non-hydrogen) atoms. The van der Waals surface area contributed by atoms with Gasteiger partial charge in [-0.2, -0.15) is 0 Å². The van der Waals surface area contributed by atoms with Crippen LogP contribution < -0.4 is 5.11 Å². The first kappa shape index (κ1) is 6.70. The quantitative estimate of drug-likeness (QED) is 0.664. The highest BCUT2D eigenvalue weighted by molar-refractivity contribution is 9.11. The number of rotatable bonds is 1. The summed E-state index contributed by atoms with van der Waals surface area (Å²) in [5.41, 5.74) is 0. The summed E-state index contributed by atoms with van der Waals surface area (Å²) in [6.07, 6.45) is 1.25. The van der Waals surface area contributed by atoms with Crippen LogP contribution in [0.15, 0.2) is 10.1 Å². The summed E-state index contributed by atoms with van der Waals surface area (Å²) >= 11 is 4.06. The molecule has 0 aliphatic carbocycles. The van der Waals surface area contributed by atoms with Gasteiger partial charge in [-0.1, -0.05) is 0 Å². The van der Waals surface area contributed by atoms with E-state index in [1.54, 1.807) is 0 Å². The van der Waals surface area contributed by atoms with E-state index in [0.29, 0.717) is 3.92 Å². The van der Waals surface area contributed by atoms with Crippen molar-refractivity contribution in [3.8, 4) is 0 Å². The van der Waals surface area contributed by atoms with Crippen molar-refractivity contribution in [1.82, 2.24) is 4.98 Å². The number of nitrogens with zero attached hydrogens (tertiary/aromatic N) is 1. The summed E-state index contributed by atoms with van der Waals surface area (Å²) in [7, 11) is 0. The molecule has 0 radical (unpaired) electrons.